The summed E-state index contributed by atoms with van der Waals surface area (Å²) in [6.07, 6.45) is 27.8. The SMILES string of the molecule is CCCCCCCCCCCCCCCCCCNC(=O)C1CC=CCC1COC(=O)NCCCN1CCOCC1. The Balaban J connectivity index is 1.41. The molecule has 0 bridgehead atoms. The molecule has 2 N–H and O–H groups in total. The van der Waals surface area contributed by atoms with Crippen molar-refractivity contribution in [2.75, 3.05) is 52.5 Å². The fourth-order valence-electron chi connectivity index (χ4n) is 5.94. The van der Waals surface area contributed by atoms with Crippen LogP contribution in [-0.4, -0.2) is 69.4 Å². The first kappa shape index (κ1) is 35.6. The van der Waals surface area contributed by atoms with E-state index < -0.39 is 0 Å². The fraction of sp³-hybridized carbons (Fsp3) is 0.882. The monoisotopic (exact) mass is 577 g/mol. The average Bonchev–Trinajstić information content (AvgIpc) is 3.00. The van der Waals surface area contributed by atoms with Gasteiger partial charge in [0.1, 0.15) is 0 Å². The second-order valence-electron chi connectivity index (χ2n) is 12.2. The van der Waals surface area contributed by atoms with E-state index in [4.69, 9.17) is 9.47 Å². The number of hydrogen-bond acceptors (Lipinski definition) is 5. The zero-order valence-corrected chi connectivity index (χ0v) is 26.5. The quantitative estimate of drug-likeness (QED) is 0.0923. The van der Waals surface area contributed by atoms with Crippen molar-refractivity contribution in [3.05, 3.63) is 12.2 Å². The zero-order valence-electron chi connectivity index (χ0n) is 26.5. The van der Waals surface area contributed by atoms with E-state index in [-0.39, 0.29) is 30.4 Å². The molecule has 1 aliphatic heterocycles. The minimum Gasteiger partial charge on any atom is -0.449 e. The molecule has 0 aromatic rings. The molecule has 2 atom stereocenters. The standard InChI is InChI=1S/C34H63N3O4/c1-2-3-4-5-6-7-8-9-10-11-12-13-14-15-16-19-23-35-33(38)32-22-18-17-21-31(32)30-41-34(39)36-24-20-25-37-26-28-40-29-27-37/h17-18,31-32H,2-16,19-30H2,1H3,(H,35,38)(H,36,39). The Morgan fingerprint density at radius 2 is 1.27 bits per heavy atom. The highest BCUT2D eigenvalue weighted by molar-refractivity contribution is 5.79. The number of nitrogens with one attached hydrogen (secondary N) is 2. The second kappa shape index (κ2) is 24.9. The molecule has 7 nitrogen and oxygen atoms in total. The van der Waals surface area contributed by atoms with Crippen LogP contribution in [0.1, 0.15) is 129 Å². The van der Waals surface area contributed by atoms with Crippen molar-refractivity contribution in [1.82, 2.24) is 15.5 Å². The first-order chi connectivity index (χ1) is 20.2. The van der Waals surface area contributed by atoms with Gasteiger partial charge in [0.05, 0.1) is 19.8 Å². The maximum Gasteiger partial charge on any atom is 0.407 e. The summed E-state index contributed by atoms with van der Waals surface area (Å²) in [5.41, 5.74) is 0. The van der Waals surface area contributed by atoms with Crippen LogP contribution in [0.5, 0.6) is 0 Å². The van der Waals surface area contributed by atoms with Crippen LogP contribution in [0.2, 0.25) is 0 Å². The molecule has 2 unspecified atom stereocenters. The highest BCUT2D eigenvalue weighted by Crippen LogP contribution is 2.26. The van der Waals surface area contributed by atoms with E-state index in [0.717, 1.165) is 65.1 Å². The first-order valence-electron chi connectivity index (χ1n) is 17.3. The molecule has 0 aromatic heterocycles. The molecule has 2 amide bonds. The van der Waals surface area contributed by atoms with Crippen molar-refractivity contribution >= 4 is 12.0 Å². The third-order valence-electron chi connectivity index (χ3n) is 8.68. The normalized spacial score (nSPS) is 19.2. The number of alkyl carbamates (subject to hydrolysis) is 1. The number of carbonyl (C=O) groups is 2. The van der Waals surface area contributed by atoms with Gasteiger partial charge >= 0.3 is 6.09 Å². The summed E-state index contributed by atoms with van der Waals surface area (Å²) in [6, 6.07) is 0. The van der Waals surface area contributed by atoms with Crippen LogP contribution in [0, 0.1) is 11.8 Å². The van der Waals surface area contributed by atoms with E-state index in [1.807, 2.05) is 0 Å². The molecule has 0 saturated carbocycles. The predicted octanol–water partition coefficient (Wildman–Crippen LogP) is 7.40. The Bertz CT molecular complexity index is 681. The molecule has 1 aliphatic carbocycles. The summed E-state index contributed by atoms with van der Waals surface area (Å²) in [4.78, 5) is 27.4. The largest absolute Gasteiger partial charge is 0.449 e. The van der Waals surface area contributed by atoms with E-state index in [1.165, 1.54) is 96.3 Å². The van der Waals surface area contributed by atoms with Crippen molar-refractivity contribution in [2.45, 2.75) is 129 Å². The van der Waals surface area contributed by atoms with Gasteiger partial charge < -0.3 is 20.1 Å². The van der Waals surface area contributed by atoms with Gasteiger partial charge in [0.25, 0.3) is 0 Å². The summed E-state index contributed by atoms with van der Waals surface area (Å²) >= 11 is 0. The number of ether oxygens (including phenoxy) is 2. The number of unbranched alkanes of at least 4 members (excludes halogenated alkanes) is 15. The van der Waals surface area contributed by atoms with E-state index in [0.29, 0.717) is 6.54 Å². The molecule has 0 spiro atoms. The molecule has 2 aliphatic rings. The highest BCUT2D eigenvalue weighted by atomic mass is 16.5. The van der Waals surface area contributed by atoms with Gasteiger partial charge in [-0.2, -0.15) is 0 Å². The number of morpholine rings is 1. The van der Waals surface area contributed by atoms with Crippen LogP contribution >= 0.6 is 0 Å². The van der Waals surface area contributed by atoms with Crippen LogP contribution in [0.3, 0.4) is 0 Å². The zero-order chi connectivity index (χ0) is 29.2. The summed E-state index contributed by atoms with van der Waals surface area (Å²) < 4.78 is 10.9. The van der Waals surface area contributed by atoms with Gasteiger partial charge in [0, 0.05) is 38.0 Å². The summed E-state index contributed by atoms with van der Waals surface area (Å²) in [5.74, 6) is 0.0369. The summed E-state index contributed by atoms with van der Waals surface area (Å²) in [5, 5.41) is 6.01. The number of hydrogen-bond donors (Lipinski definition) is 2. The minimum atomic E-state index is -0.381. The Hall–Kier alpha value is -1.60. The number of rotatable bonds is 24. The number of carbonyl (C=O) groups excluding carboxylic acids is 2. The lowest BCUT2D eigenvalue weighted by molar-refractivity contribution is -0.127. The van der Waals surface area contributed by atoms with Crippen molar-refractivity contribution < 1.29 is 19.1 Å². The van der Waals surface area contributed by atoms with E-state index in [9.17, 15) is 9.59 Å². The average molecular weight is 578 g/mol. The van der Waals surface area contributed by atoms with Crippen LogP contribution in [0.15, 0.2) is 12.2 Å². The van der Waals surface area contributed by atoms with Crippen LogP contribution in [0.25, 0.3) is 0 Å². The molecule has 0 aromatic carbocycles. The molecule has 1 fully saturated rings. The van der Waals surface area contributed by atoms with Gasteiger partial charge in [-0.1, -0.05) is 115 Å². The van der Waals surface area contributed by atoms with E-state index in [2.05, 4.69) is 34.6 Å². The van der Waals surface area contributed by atoms with Gasteiger partial charge in [-0.05, 0) is 32.2 Å². The number of nitrogens with zero attached hydrogens (tertiary/aromatic N) is 1. The maximum absolute atomic E-state index is 12.9. The van der Waals surface area contributed by atoms with Gasteiger partial charge in [-0.15, -0.1) is 0 Å². The molecule has 7 heteroatoms. The van der Waals surface area contributed by atoms with E-state index in [1.54, 1.807) is 0 Å². The lowest BCUT2D eigenvalue weighted by Gasteiger charge is -2.27. The van der Waals surface area contributed by atoms with Crippen molar-refractivity contribution in [1.29, 1.82) is 0 Å². The predicted molar refractivity (Wildman–Crippen MR) is 169 cm³/mol. The topological polar surface area (TPSA) is 79.9 Å². The van der Waals surface area contributed by atoms with Gasteiger partial charge in [0.2, 0.25) is 5.91 Å². The fourth-order valence-corrected chi connectivity index (χ4v) is 5.94. The van der Waals surface area contributed by atoms with Gasteiger partial charge in [0.15, 0.2) is 0 Å². The van der Waals surface area contributed by atoms with Crippen molar-refractivity contribution in [2.24, 2.45) is 11.8 Å². The second-order valence-corrected chi connectivity index (χ2v) is 12.2. The first-order valence-corrected chi connectivity index (χ1v) is 17.3. The lowest BCUT2D eigenvalue weighted by atomic mass is 9.83. The van der Waals surface area contributed by atoms with Crippen LogP contribution < -0.4 is 10.6 Å². The molecule has 1 heterocycles. The Morgan fingerprint density at radius 1 is 0.732 bits per heavy atom. The molecular weight excluding hydrogens is 514 g/mol. The molecule has 0 radical (unpaired) electrons. The Labute approximate surface area is 251 Å². The third kappa shape index (κ3) is 18.5. The molecule has 1 saturated heterocycles. The van der Waals surface area contributed by atoms with Gasteiger partial charge in [-0.3, -0.25) is 9.69 Å². The Morgan fingerprint density at radius 3 is 1.88 bits per heavy atom. The lowest BCUT2D eigenvalue weighted by Crippen LogP contribution is -2.39. The highest BCUT2D eigenvalue weighted by Gasteiger charge is 2.29. The van der Waals surface area contributed by atoms with Crippen LogP contribution in [0.4, 0.5) is 4.79 Å². The Kier molecular flexibility index (Phi) is 21.7. The number of amides is 2. The summed E-state index contributed by atoms with van der Waals surface area (Å²) in [7, 11) is 0. The smallest absolute Gasteiger partial charge is 0.407 e. The molecule has 238 valence electrons. The molecular formula is C34H63N3O4. The third-order valence-corrected chi connectivity index (χ3v) is 8.68. The van der Waals surface area contributed by atoms with Crippen molar-refractivity contribution in [3.8, 4) is 0 Å². The van der Waals surface area contributed by atoms with Crippen molar-refractivity contribution in [3.63, 3.8) is 0 Å². The van der Waals surface area contributed by atoms with Crippen LogP contribution in [-0.2, 0) is 14.3 Å². The molecule has 2 rings (SSSR count). The number of allylic oxidation sites excluding steroid dienone is 2. The summed E-state index contributed by atoms with van der Waals surface area (Å²) in [6.45, 7) is 8.38. The van der Waals surface area contributed by atoms with Gasteiger partial charge in [-0.25, -0.2) is 4.79 Å². The van der Waals surface area contributed by atoms with E-state index >= 15 is 0 Å². The maximum atomic E-state index is 12.9. The molecule has 41 heavy (non-hydrogen) atoms. The minimum absolute atomic E-state index is 0.0462.